The zero-order chi connectivity index (χ0) is 14.9. The van der Waals surface area contributed by atoms with E-state index in [4.69, 9.17) is 0 Å². The van der Waals surface area contributed by atoms with Crippen LogP contribution in [0.2, 0.25) is 0 Å². The first-order valence-corrected chi connectivity index (χ1v) is 7.09. The zero-order valence-corrected chi connectivity index (χ0v) is 11.8. The van der Waals surface area contributed by atoms with Crippen molar-refractivity contribution < 1.29 is 0 Å². The number of hydrogen-bond acceptors (Lipinski definition) is 3. The van der Waals surface area contributed by atoms with Gasteiger partial charge in [-0.1, -0.05) is 24.3 Å². The van der Waals surface area contributed by atoms with Crippen LogP contribution in [0.4, 0.5) is 0 Å². The van der Waals surface area contributed by atoms with E-state index in [0.717, 1.165) is 22.0 Å². The lowest BCUT2D eigenvalue weighted by atomic mass is 10.1. The molecule has 4 rings (SSSR count). The second-order valence-electron chi connectivity index (χ2n) is 5.23. The number of benzene rings is 2. The second kappa shape index (κ2) is 5.07. The lowest BCUT2D eigenvalue weighted by Crippen LogP contribution is -2.21. The van der Waals surface area contributed by atoms with Gasteiger partial charge in [0.2, 0.25) is 0 Å². The Morgan fingerprint density at radius 2 is 1.82 bits per heavy atom. The average Bonchev–Trinajstić information content (AvgIpc) is 2.57. The maximum atomic E-state index is 12.5. The number of fused-ring (bicyclic) bond motifs is 2. The molecule has 2 aromatic heterocycles. The molecule has 0 aliphatic rings. The van der Waals surface area contributed by atoms with E-state index >= 15 is 0 Å². The third-order valence-corrected chi connectivity index (χ3v) is 3.75. The van der Waals surface area contributed by atoms with Gasteiger partial charge in [-0.25, -0.2) is 4.98 Å². The molecule has 0 unspecified atom stereocenters. The predicted molar refractivity (Wildman–Crippen MR) is 86.8 cm³/mol. The molecule has 0 N–H and O–H groups in total. The molecule has 0 amide bonds. The highest BCUT2D eigenvalue weighted by Crippen LogP contribution is 2.14. The molecule has 0 spiro atoms. The van der Waals surface area contributed by atoms with E-state index < -0.39 is 0 Å². The van der Waals surface area contributed by atoms with Gasteiger partial charge in [0.1, 0.15) is 0 Å². The third-order valence-electron chi connectivity index (χ3n) is 3.75. The fourth-order valence-corrected chi connectivity index (χ4v) is 2.64. The largest absolute Gasteiger partial charge is 0.294 e. The summed E-state index contributed by atoms with van der Waals surface area (Å²) in [4.78, 5) is 21.2. The van der Waals surface area contributed by atoms with Crippen LogP contribution in [0.15, 0.2) is 71.9 Å². The minimum Gasteiger partial charge on any atom is -0.294 e. The van der Waals surface area contributed by atoms with Gasteiger partial charge in [-0.2, -0.15) is 0 Å². The summed E-state index contributed by atoms with van der Waals surface area (Å²) in [6.07, 6.45) is 3.39. The van der Waals surface area contributed by atoms with E-state index in [-0.39, 0.29) is 5.56 Å². The number of aromatic nitrogens is 3. The SMILES string of the molecule is O=c1c2ccccc2ncn1Cc1ccc2ncccc2c1. The molecule has 2 heterocycles. The Morgan fingerprint density at radius 1 is 0.909 bits per heavy atom. The minimum atomic E-state index is -0.0168. The third kappa shape index (κ3) is 2.15. The second-order valence-corrected chi connectivity index (χ2v) is 5.23. The van der Waals surface area contributed by atoms with Crippen molar-refractivity contribution in [3.8, 4) is 0 Å². The highest BCUT2D eigenvalue weighted by atomic mass is 16.1. The maximum Gasteiger partial charge on any atom is 0.261 e. The van der Waals surface area contributed by atoms with Crippen LogP contribution in [-0.4, -0.2) is 14.5 Å². The van der Waals surface area contributed by atoms with Crippen molar-refractivity contribution in [3.05, 3.63) is 83.0 Å². The smallest absolute Gasteiger partial charge is 0.261 e. The molecule has 4 heteroatoms. The highest BCUT2D eigenvalue weighted by Gasteiger charge is 2.04. The quantitative estimate of drug-likeness (QED) is 0.569. The van der Waals surface area contributed by atoms with Gasteiger partial charge in [0, 0.05) is 11.6 Å². The molecule has 2 aromatic carbocycles. The Balaban J connectivity index is 1.79. The molecule has 4 aromatic rings. The van der Waals surface area contributed by atoms with Gasteiger partial charge in [0.25, 0.3) is 5.56 Å². The van der Waals surface area contributed by atoms with E-state index in [1.54, 1.807) is 17.1 Å². The van der Waals surface area contributed by atoms with E-state index in [1.807, 2.05) is 48.5 Å². The number of nitrogens with zero attached hydrogens (tertiary/aromatic N) is 3. The summed E-state index contributed by atoms with van der Waals surface area (Å²) in [5, 5.41) is 1.72. The zero-order valence-electron chi connectivity index (χ0n) is 11.8. The van der Waals surface area contributed by atoms with Gasteiger partial charge in [-0.15, -0.1) is 0 Å². The summed E-state index contributed by atoms with van der Waals surface area (Å²) in [5.74, 6) is 0. The molecule has 0 atom stereocenters. The van der Waals surface area contributed by atoms with Gasteiger partial charge in [0.05, 0.1) is 29.3 Å². The summed E-state index contributed by atoms with van der Waals surface area (Å²) in [6, 6.07) is 17.4. The van der Waals surface area contributed by atoms with Crippen molar-refractivity contribution in [3.63, 3.8) is 0 Å². The summed E-state index contributed by atoms with van der Waals surface area (Å²) in [5.41, 5.74) is 2.72. The molecule has 0 saturated heterocycles. The van der Waals surface area contributed by atoms with E-state index in [2.05, 4.69) is 16.0 Å². The van der Waals surface area contributed by atoms with Crippen LogP contribution >= 0.6 is 0 Å². The Labute approximate surface area is 126 Å². The van der Waals surface area contributed by atoms with Crippen molar-refractivity contribution in [1.29, 1.82) is 0 Å². The van der Waals surface area contributed by atoms with Gasteiger partial charge in [0.15, 0.2) is 0 Å². The Hall–Kier alpha value is -3.01. The lowest BCUT2D eigenvalue weighted by molar-refractivity contribution is 0.749. The number of rotatable bonds is 2. The molecule has 0 radical (unpaired) electrons. The number of hydrogen-bond donors (Lipinski definition) is 0. The van der Waals surface area contributed by atoms with Crippen molar-refractivity contribution in [2.24, 2.45) is 0 Å². The first kappa shape index (κ1) is 12.7. The molecule has 0 aliphatic heterocycles. The van der Waals surface area contributed by atoms with Gasteiger partial charge in [-0.3, -0.25) is 14.3 Å². The van der Waals surface area contributed by atoms with E-state index in [0.29, 0.717) is 11.9 Å². The van der Waals surface area contributed by atoms with Gasteiger partial charge >= 0.3 is 0 Å². The standard InChI is InChI=1S/C18H13N3O/c22-18-15-5-1-2-6-17(15)20-12-21(18)11-13-7-8-16-14(10-13)4-3-9-19-16/h1-10,12H,11H2. The Kier molecular flexibility index (Phi) is 2.93. The van der Waals surface area contributed by atoms with Crippen LogP contribution in [0, 0.1) is 0 Å². The van der Waals surface area contributed by atoms with Crippen LogP contribution in [0.1, 0.15) is 5.56 Å². The predicted octanol–water partition coefficient (Wildman–Crippen LogP) is 2.99. The average molecular weight is 287 g/mol. The summed E-state index contributed by atoms with van der Waals surface area (Å²) < 4.78 is 1.64. The van der Waals surface area contributed by atoms with Crippen LogP contribution in [0.3, 0.4) is 0 Å². The number of para-hydroxylation sites is 1. The van der Waals surface area contributed by atoms with E-state index in [1.165, 1.54) is 0 Å². The molecule has 0 bridgehead atoms. The Morgan fingerprint density at radius 3 is 2.77 bits per heavy atom. The number of pyridine rings is 1. The molecule has 106 valence electrons. The van der Waals surface area contributed by atoms with Crippen molar-refractivity contribution in [1.82, 2.24) is 14.5 Å². The first-order valence-electron chi connectivity index (χ1n) is 7.09. The lowest BCUT2D eigenvalue weighted by Gasteiger charge is -2.07. The fourth-order valence-electron chi connectivity index (χ4n) is 2.64. The highest BCUT2D eigenvalue weighted by molar-refractivity contribution is 5.79. The van der Waals surface area contributed by atoms with Gasteiger partial charge < -0.3 is 0 Å². The van der Waals surface area contributed by atoms with E-state index in [9.17, 15) is 4.79 Å². The topological polar surface area (TPSA) is 47.8 Å². The molecule has 22 heavy (non-hydrogen) atoms. The van der Waals surface area contributed by atoms with Crippen LogP contribution < -0.4 is 5.56 Å². The van der Waals surface area contributed by atoms with Crippen molar-refractivity contribution in [2.75, 3.05) is 0 Å². The molecular formula is C18H13N3O. The molecule has 0 aliphatic carbocycles. The molecular weight excluding hydrogens is 274 g/mol. The Bertz CT molecular complexity index is 1040. The molecule has 4 nitrogen and oxygen atoms in total. The van der Waals surface area contributed by atoms with Crippen LogP contribution in [0.25, 0.3) is 21.8 Å². The maximum absolute atomic E-state index is 12.5. The van der Waals surface area contributed by atoms with Crippen molar-refractivity contribution >= 4 is 21.8 Å². The summed E-state index contributed by atoms with van der Waals surface area (Å²) >= 11 is 0. The molecule has 0 saturated carbocycles. The van der Waals surface area contributed by atoms with Crippen LogP contribution in [-0.2, 0) is 6.54 Å². The molecule has 0 fully saturated rings. The summed E-state index contributed by atoms with van der Waals surface area (Å²) in [6.45, 7) is 0.501. The van der Waals surface area contributed by atoms with Gasteiger partial charge in [-0.05, 0) is 35.9 Å². The first-order chi connectivity index (χ1) is 10.8. The fraction of sp³-hybridized carbons (Fsp3) is 0.0556. The van der Waals surface area contributed by atoms with Crippen LogP contribution in [0.5, 0.6) is 0 Å². The minimum absolute atomic E-state index is 0.0168. The normalized spacial score (nSPS) is 11.1. The monoisotopic (exact) mass is 287 g/mol. The summed E-state index contributed by atoms with van der Waals surface area (Å²) in [7, 11) is 0. The van der Waals surface area contributed by atoms with Crippen molar-refractivity contribution in [2.45, 2.75) is 6.54 Å².